The minimum atomic E-state index is -0.208. The number of imide groups is 1. The van der Waals surface area contributed by atoms with Crippen LogP contribution in [0.4, 0.5) is 0 Å². The van der Waals surface area contributed by atoms with E-state index in [2.05, 4.69) is 22.0 Å². The second-order valence-corrected chi connectivity index (χ2v) is 6.19. The molecule has 0 radical (unpaired) electrons. The molecule has 2 atom stereocenters. The van der Waals surface area contributed by atoms with E-state index >= 15 is 0 Å². The monoisotopic (exact) mass is 344 g/mol. The highest BCUT2D eigenvalue weighted by Crippen LogP contribution is 2.36. The number of rotatable bonds is 2. The predicted molar refractivity (Wildman–Crippen MR) is 79.8 cm³/mol. The first kappa shape index (κ1) is 14.0. The third-order valence-electron chi connectivity index (χ3n) is 4.10. The molecular weight excluding hydrogens is 332 g/mol. The van der Waals surface area contributed by atoms with Gasteiger partial charge in [0.25, 0.3) is 0 Å². The fourth-order valence-electron chi connectivity index (χ4n) is 2.96. The Labute approximate surface area is 131 Å². The van der Waals surface area contributed by atoms with Crippen molar-refractivity contribution in [3.63, 3.8) is 0 Å². The summed E-state index contributed by atoms with van der Waals surface area (Å²) in [5, 5.41) is 8.97. The van der Waals surface area contributed by atoms with E-state index in [0.29, 0.717) is 18.4 Å². The molecule has 0 N–H and O–H groups in total. The van der Waals surface area contributed by atoms with Crippen LogP contribution in [0, 0.1) is 23.2 Å². The lowest BCUT2D eigenvalue weighted by atomic mass is 9.85. The summed E-state index contributed by atoms with van der Waals surface area (Å²) < 4.78 is 0.801. The van der Waals surface area contributed by atoms with Gasteiger partial charge in [0, 0.05) is 4.47 Å². The highest BCUT2D eigenvalue weighted by atomic mass is 79.9. The van der Waals surface area contributed by atoms with Crippen molar-refractivity contribution < 1.29 is 9.59 Å². The summed E-state index contributed by atoms with van der Waals surface area (Å²) in [7, 11) is 0. The number of benzene rings is 1. The van der Waals surface area contributed by atoms with E-state index in [-0.39, 0.29) is 30.2 Å². The van der Waals surface area contributed by atoms with Crippen molar-refractivity contribution in [2.24, 2.45) is 11.8 Å². The normalized spacial score (nSPS) is 24.1. The van der Waals surface area contributed by atoms with Gasteiger partial charge in [0.05, 0.1) is 30.0 Å². The fraction of sp³-hybridized carbons (Fsp3) is 0.312. The van der Waals surface area contributed by atoms with Gasteiger partial charge < -0.3 is 0 Å². The van der Waals surface area contributed by atoms with E-state index in [1.54, 1.807) is 18.2 Å². The summed E-state index contributed by atoms with van der Waals surface area (Å²) in [6.07, 6.45) is 5.24. The molecule has 2 amide bonds. The molecule has 1 saturated heterocycles. The van der Waals surface area contributed by atoms with Gasteiger partial charge in [-0.25, -0.2) is 0 Å². The van der Waals surface area contributed by atoms with E-state index in [9.17, 15) is 9.59 Å². The number of hydrogen-bond donors (Lipinski definition) is 0. The van der Waals surface area contributed by atoms with E-state index < -0.39 is 0 Å². The molecule has 1 aromatic rings. The van der Waals surface area contributed by atoms with Crippen molar-refractivity contribution >= 4 is 27.7 Å². The van der Waals surface area contributed by atoms with Crippen LogP contribution in [0.25, 0.3) is 0 Å². The molecular formula is C16H13BrN2O2. The maximum atomic E-state index is 12.4. The number of likely N-dealkylation sites (tertiary alicyclic amines) is 1. The van der Waals surface area contributed by atoms with Crippen molar-refractivity contribution in [2.45, 2.75) is 19.4 Å². The van der Waals surface area contributed by atoms with Crippen molar-refractivity contribution in [1.82, 2.24) is 4.90 Å². The van der Waals surface area contributed by atoms with Gasteiger partial charge in [-0.1, -0.05) is 28.1 Å². The van der Waals surface area contributed by atoms with Crippen LogP contribution in [0.15, 0.2) is 34.8 Å². The molecule has 0 saturated carbocycles. The lowest BCUT2D eigenvalue weighted by Crippen LogP contribution is -2.30. The first-order valence-corrected chi connectivity index (χ1v) is 7.60. The molecule has 1 aromatic carbocycles. The van der Waals surface area contributed by atoms with Crippen LogP contribution in [-0.4, -0.2) is 16.7 Å². The lowest BCUT2D eigenvalue weighted by molar-refractivity contribution is -0.140. The van der Waals surface area contributed by atoms with Crippen LogP contribution < -0.4 is 0 Å². The molecule has 1 aliphatic heterocycles. The Morgan fingerprint density at radius 2 is 1.81 bits per heavy atom. The second-order valence-electron chi connectivity index (χ2n) is 5.34. The first-order valence-electron chi connectivity index (χ1n) is 6.80. The largest absolute Gasteiger partial charge is 0.278 e. The van der Waals surface area contributed by atoms with Gasteiger partial charge in [0.1, 0.15) is 0 Å². The molecule has 0 spiro atoms. The topological polar surface area (TPSA) is 61.2 Å². The van der Waals surface area contributed by atoms with Crippen molar-refractivity contribution in [2.75, 3.05) is 0 Å². The minimum Gasteiger partial charge on any atom is -0.278 e. The van der Waals surface area contributed by atoms with Crippen LogP contribution >= 0.6 is 15.9 Å². The number of allylic oxidation sites excluding steroid dienone is 2. The summed E-state index contributed by atoms with van der Waals surface area (Å²) >= 11 is 3.41. The Morgan fingerprint density at radius 3 is 2.38 bits per heavy atom. The highest BCUT2D eigenvalue weighted by Gasteiger charge is 2.47. The molecule has 2 unspecified atom stereocenters. The Kier molecular flexibility index (Phi) is 3.64. The van der Waals surface area contributed by atoms with Crippen LogP contribution in [0.2, 0.25) is 0 Å². The predicted octanol–water partition coefficient (Wildman–Crippen LogP) is 2.77. The Bertz CT molecular complexity index is 664. The summed E-state index contributed by atoms with van der Waals surface area (Å²) in [5.41, 5.74) is 1.30. The van der Waals surface area contributed by atoms with Crippen LogP contribution in [0.5, 0.6) is 0 Å². The molecule has 1 heterocycles. The lowest BCUT2D eigenvalue weighted by Gasteiger charge is -2.16. The smallest absolute Gasteiger partial charge is 0.233 e. The standard InChI is InChI=1S/C16H13BrN2O2/c17-14-6-5-10(8-18)7-11(14)9-19-15(20)12-3-1-2-4-13(12)16(19)21/h1-2,5-7,12-13H,3-4,9H2. The van der Waals surface area contributed by atoms with Crippen LogP contribution in [0.1, 0.15) is 24.0 Å². The number of carbonyl (C=O) groups is 2. The van der Waals surface area contributed by atoms with Gasteiger partial charge in [-0.2, -0.15) is 5.26 Å². The number of nitriles is 1. The third-order valence-corrected chi connectivity index (χ3v) is 4.88. The molecule has 106 valence electrons. The molecule has 0 aromatic heterocycles. The SMILES string of the molecule is N#Cc1ccc(Br)c(CN2C(=O)C3CC=CCC3C2=O)c1. The molecule has 1 aliphatic carbocycles. The van der Waals surface area contributed by atoms with Gasteiger partial charge in [-0.3, -0.25) is 14.5 Å². The molecule has 2 aliphatic rings. The summed E-state index contributed by atoms with van der Waals surface area (Å²) in [6.45, 7) is 0.223. The zero-order valence-corrected chi connectivity index (χ0v) is 12.8. The van der Waals surface area contributed by atoms with E-state index in [1.165, 1.54) is 4.90 Å². The third kappa shape index (κ3) is 2.40. The maximum Gasteiger partial charge on any atom is 0.233 e. The minimum absolute atomic E-state index is 0.0939. The average molecular weight is 345 g/mol. The number of fused-ring (bicyclic) bond motifs is 1. The van der Waals surface area contributed by atoms with Gasteiger partial charge in [0.15, 0.2) is 0 Å². The number of halogens is 1. The summed E-state index contributed by atoms with van der Waals surface area (Å²) in [5.74, 6) is -0.604. The second kappa shape index (κ2) is 5.45. The number of carbonyl (C=O) groups excluding carboxylic acids is 2. The molecule has 0 bridgehead atoms. The first-order chi connectivity index (χ1) is 10.1. The molecule has 3 rings (SSSR count). The summed E-state index contributed by atoms with van der Waals surface area (Å²) in [6, 6.07) is 7.26. The maximum absolute atomic E-state index is 12.4. The molecule has 1 fully saturated rings. The zero-order valence-electron chi connectivity index (χ0n) is 11.3. The van der Waals surface area contributed by atoms with Gasteiger partial charge >= 0.3 is 0 Å². The summed E-state index contributed by atoms with van der Waals surface area (Å²) in [4.78, 5) is 26.2. The van der Waals surface area contributed by atoms with Gasteiger partial charge in [0.2, 0.25) is 11.8 Å². The van der Waals surface area contributed by atoms with E-state index in [0.717, 1.165) is 10.0 Å². The number of nitrogens with zero attached hydrogens (tertiary/aromatic N) is 2. The molecule has 5 heteroatoms. The highest BCUT2D eigenvalue weighted by molar-refractivity contribution is 9.10. The van der Waals surface area contributed by atoms with Gasteiger partial charge in [-0.15, -0.1) is 0 Å². The quantitative estimate of drug-likeness (QED) is 0.612. The fourth-order valence-corrected chi connectivity index (χ4v) is 3.33. The van der Waals surface area contributed by atoms with Crippen molar-refractivity contribution in [3.8, 4) is 6.07 Å². The van der Waals surface area contributed by atoms with E-state index in [4.69, 9.17) is 5.26 Å². The average Bonchev–Trinajstić information content (AvgIpc) is 2.75. The van der Waals surface area contributed by atoms with Gasteiger partial charge in [-0.05, 0) is 36.6 Å². The molecule has 21 heavy (non-hydrogen) atoms. The van der Waals surface area contributed by atoms with Crippen molar-refractivity contribution in [3.05, 3.63) is 46.0 Å². The Balaban J connectivity index is 1.87. The van der Waals surface area contributed by atoms with Crippen LogP contribution in [0.3, 0.4) is 0 Å². The van der Waals surface area contributed by atoms with E-state index in [1.807, 2.05) is 12.2 Å². The number of amides is 2. The van der Waals surface area contributed by atoms with Crippen LogP contribution in [-0.2, 0) is 16.1 Å². The number of hydrogen-bond acceptors (Lipinski definition) is 3. The Hall–Kier alpha value is -1.93. The Morgan fingerprint density at radius 1 is 1.19 bits per heavy atom. The molecule has 4 nitrogen and oxygen atoms in total. The zero-order chi connectivity index (χ0) is 15.0. The van der Waals surface area contributed by atoms with Crippen molar-refractivity contribution in [1.29, 1.82) is 5.26 Å².